The summed E-state index contributed by atoms with van der Waals surface area (Å²) in [6.07, 6.45) is 0.496. The molecule has 1 aromatic rings. The smallest absolute Gasteiger partial charge is 0.305 e. The molecular weight excluding hydrogens is 354 g/mol. The number of hydrogen-bond donors (Lipinski definition) is 3. The average Bonchev–Trinajstić information content (AvgIpc) is 2.95. The lowest BCUT2D eigenvalue weighted by Gasteiger charge is -2.29. The fourth-order valence-corrected chi connectivity index (χ4v) is 3.27. The number of benzene rings is 1. The summed E-state index contributed by atoms with van der Waals surface area (Å²) in [6.45, 7) is 1.24. The second-order valence-electron chi connectivity index (χ2n) is 6.41. The van der Waals surface area contributed by atoms with Gasteiger partial charge in [0.2, 0.25) is 11.8 Å². The van der Waals surface area contributed by atoms with Crippen LogP contribution >= 0.6 is 0 Å². The van der Waals surface area contributed by atoms with Gasteiger partial charge in [-0.2, -0.15) is 0 Å². The number of imide groups is 1. The lowest BCUT2D eigenvalue weighted by Crippen LogP contribution is -2.52. The molecule has 0 aliphatic carbocycles. The van der Waals surface area contributed by atoms with Crippen LogP contribution in [0.5, 0.6) is 0 Å². The monoisotopic (exact) mass is 375 g/mol. The van der Waals surface area contributed by atoms with Gasteiger partial charge in [-0.3, -0.25) is 24.5 Å². The SMILES string of the molecule is O=C(O)CCOCCNc1cccc2c1CN(C1CCC(=O)NC1=O)C2=O. The lowest BCUT2D eigenvalue weighted by atomic mass is 10.0. The number of carboxylic acids is 1. The molecule has 0 radical (unpaired) electrons. The van der Waals surface area contributed by atoms with Gasteiger partial charge in [-0.15, -0.1) is 0 Å². The molecule has 1 saturated heterocycles. The first-order valence-corrected chi connectivity index (χ1v) is 8.77. The number of nitrogens with one attached hydrogen (secondary N) is 2. The zero-order valence-electron chi connectivity index (χ0n) is 14.7. The standard InChI is InChI=1S/C18H21N3O6/c22-15-5-4-14(17(25)20-15)21-10-12-11(18(21)26)2-1-3-13(12)19-7-9-27-8-6-16(23)24/h1-3,14,19H,4-10H2,(H,23,24)(H,20,22,25). The van der Waals surface area contributed by atoms with E-state index in [2.05, 4.69) is 10.6 Å². The van der Waals surface area contributed by atoms with Crippen molar-refractivity contribution >= 4 is 29.4 Å². The average molecular weight is 375 g/mol. The van der Waals surface area contributed by atoms with Gasteiger partial charge in [0.15, 0.2) is 0 Å². The van der Waals surface area contributed by atoms with E-state index in [0.29, 0.717) is 31.7 Å². The van der Waals surface area contributed by atoms with Gasteiger partial charge in [0.25, 0.3) is 5.91 Å². The van der Waals surface area contributed by atoms with Gasteiger partial charge in [-0.05, 0) is 18.6 Å². The zero-order chi connectivity index (χ0) is 19.4. The summed E-state index contributed by atoms with van der Waals surface area (Å²) in [4.78, 5) is 48.1. The summed E-state index contributed by atoms with van der Waals surface area (Å²) in [5.41, 5.74) is 2.12. The summed E-state index contributed by atoms with van der Waals surface area (Å²) in [5.74, 6) is -1.88. The molecule has 0 aromatic heterocycles. The maximum atomic E-state index is 12.7. The summed E-state index contributed by atoms with van der Waals surface area (Å²) >= 11 is 0. The van der Waals surface area contributed by atoms with Gasteiger partial charge in [-0.1, -0.05) is 6.07 Å². The van der Waals surface area contributed by atoms with E-state index in [1.165, 1.54) is 4.90 Å². The van der Waals surface area contributed by atoms with E-state index in [1.54, 1.807) is 12.1 Å². The first kappa shape index (κ1) is 18.8. The summed E-state index contributed by atoms with van der Waals surface area (Å²) in [5, 5.41) is 14.0. The number of rotatable bonds is 8. The van der Waals surface area contributed by atoms with E-state index in [0.717, 1.165) is 11.3 Å². The number of piperidine rings is 1. The van der Waals surface area contributed by atoms with E-state index in [-0.39, 0.29) is 31.3 Å². The number of carboxylic acid groups (broad SMARTS) is 1. The van der Waals surface area contributed by atoms with Gasteiger partial charge >= 0.3 is 5.97 Å². The highest BCUT2D eigenvalue weighted by Crippen LogP contribution is 2.32. The van der Waals surface area contributed by atoms with Crippen molar-refractivity contribution < 1.29 is 29.0 Å². The number of carbonyl (C=O) groups excluding carboxylic acids is 3. The van der Waals surface area contributed by atoms with E-state index in [4.69, 9.17) is 9.84 Å². The molecule has 1 atom stereocenters. The summed E-state index contributed by atoms with van der Waals surface area (Å²) in [6, 6.07) is 4.68. The van der Waals surface area contributed by atoms with Crippen LogP contribution in [-0.4, -0.2) is 59.5 Å². The molecule has 0 bridgehead atoms. The Kier molecular flexibility index (Phi) is 5.70. The van der Waals surface area contributed by atoms with Crippen LogP contribution in [0.15, 0.2) is 18.2 Å². The molecule has 1 aromatic carbocycles. The van der Waals surface area contributed by atoms with Crippen LogP contribution < -0.4 is 10.6 Å². The molecule has 2 aliphatic rings. The molecule has 9 nitrogen and oxygen atoms in total. The largest absolute Gasteiger partial charge is 0.481 e. The number of ether oxygens (including phenoxy) is 1. The highest BCUT2D eigenvalue weighted by atomic mass is 16.5. The molecule has 0 spiro atoms. The normalized spacial score (nSPS) is 19.0. The number of aliphatic carboxylic acids is 1. The van der Waals surface area contributed by atoms with Crippen LogP contribution in [0, 0.1) is 0 Å². The third-order valence-electron chi connectivity index (χ3n) is 4.60. The molecular formula is C18H21N3O6. The first-order chi connectivity index (χ1) is 13.0. The maximum absolute atomic E-state index is 12.7. The molecule has 2 aliphatic heterocycles. The van der Waals surface area contributed by atoms with E-state index in [9.17, 15) is 19.2 Å². The van der Waals surface area contributed by atoms with Crippen molar-refractivity contribution in [3.05, 3.63) is 29.3 Å². The highest BCUT2D eigenvalue weighted by molar-refractivity contribution is 6.06. The lowest BCUT2D eigenvalue weighted by molar-refractivity contribution is -0.138. The van der Waals surface area contributed by atoms with Crippen molar-refractivity contribution in [3.8, 4) is 0 Å². The second-order valence-corrected chi connectivity index (χ2v) is 6.41. The molecule has 3 N–H and O–H groups in total. The van der Waals surface area contributed by atoms with Crippen molar-refractivity contribution in [3.63, 3.8) is 0 Å². The molecule has 1 fully saturated rings. The maximum Gasteiger partial charge on any atom is 0.305 e. The van der Waals surface area contributed by atoms with Crippen molar-refractivity contribution in [2.24, 2.45) is 0 Å². The van der Waals surface area contributed by atoms with Gasteiger partial charge in [0, 0.05) is 36.3 Å². The van der Waals surface area contributed by atoms with E-state index < -0.39 is 17.9 Å². The first-order valence-electron chi connectivity index (χ1n) is 8.77. The third-order valence-corrected chi connectivity index (χ3v) is 4.60. The number of carbonyl (C=O) groups is 4. The van der Waals surface area contributed by atoms with Gasteiger partial charge in [-0.25, -0.2) is 0 Å². The molecule has 3 rings (SSSR count). The zero-order valence-corrected chi connectivity index (χ0v) is 14.7. The predicted octanol–water partition coefficient (Wildman–Crippen LogP) is 0.351. The van der Waals surface area contributed by atoms with Crippen molar-refractivity contribution in [2.75, 3.05) is 25.1 Å². The fourth-order valence-electron chi connectivity index (χ4n) is 3.27. The Bertz CT molecular complexity index is 778. The molecule has 0 saturated carbocycles. The predicted molar refractivity (Wildman–Crippen MR) is 94.0 cm³/mol. The quantitative estimate of drug-likeness (QED) is 0.442. The van der Waals surface area contributed by atoms with E-state index >= 15 is 0 Å². The van der Waals surface area contributed by atoms with Crippen LogP contribution in [0.1, 0.15) is 35.2 Å². The van der Waals surface area contributed by atoms with Crippen LogP contribution in [0.4, 0.5) is 5.69 Å². The van der Waals surface area contributed by atoms with Crippen molar-refractivity contribution in [1.29, 1.82) is 0 Å². The molecule has 2 heterocycles. The Morgan fingerprint density at radius 1 is 1.30 bits per heavy atom. The minimum absolute atomic E-state index is 0.0455. The Hall–Kier alpha value is -2.94. The third kappa shape index (κ3) is 4.25. The Morgan fingerprint density at radius 2 is 2.11 bits per heavy atom. The molecule has 9 heteroatoms. The number of hydrogen-bond acceptors (Lipinski definition) is 6. The molecule has 144 valence electrons. The second kappa shape index (κ2) is 8.17. The van der Waals surface area contributed by atoms with E-state index in [1.807, 2.05) is 6.07 Å². The Morgan fingerprint density at radius 3 is 2.85 bits per heavy atom. The minimum atomic E-state index is -0.907. The number of fused-ring (bicyclic) bond motifs is 1. The number of nitrogens with zero attached hydrogens (tertiary/aromatic N) is 1. The summed E-state index contributed by atoms with van der Waals surface area (Å²) < 4.78 is 5.24. The van der Waals surface area contributed by atoms with Crippen molar-refractivity contribution in [1.82, 2.24) is 10.2 Å². The van der Waals surface area contributed by atoms with Gasteiger partial charge < -0.3 is 20.1 Å². The Balaban J connectivity index is 1.61. The molecule has 1 unspecified atom stereocenters. The van der Waals surface area contributed by atoms with Crippen LogP contribution in [-0.2, 0) is 25.7 Å². The summed E-state index contributed by atoms with van der Waals surface area (Å²) in [7, 11) is 0. The topological polar surface area (TPSA) is 125 Å². The number of amides is 3. The van der Waals surface area contributed by atoms with Gasteiger partial charge in [0.05, 0.1) is 19.6 Å². The molecule has 3 amide bonds. The van der Waals surface area contributed by atoms with Gasteiger partial charge in [0.1, 0.15) is 6.04 Å². The van der Waals surface area contributed by atoms with Crippen LogP contribution in [0.25, 0.3) is 0 Å². The van der Waals surface area contributed by atoms with Crippen LogP contribution in [0.2, 0.25) is 0 Å². The fraction of sp³-hybridized carbons (Fsp3) is 0.444. The number of anilines is 1. The van der Waals surface area contributed by atoms with Crippen LogP contribution in [0.3, 0.4) is 0 Å². The molecule has 27 heavy (non-hydrogen) atoms. The van der Waals surface area contributed by atoms with Crippen molar-refractivity contribution in [2.45, 2.75) is 31.8 Å². The Labute approximate surface area is 155 Å². The minimum Gasteiger partial charge on any atom is -0.481 e. The highest BCUT2D eigenvalue weighted by Gasteiger charge is 2.39.